The number of hydrogen-bond donors (Lipinski definition) is 1. The molecule has 0 bridgehead atoms. The van der Waals surface area contributed by atoms with Crippen LogP contribution in [0.3, 0.4) is 0 Å². The van der Waals surface area contributed by atoms with Crippen LogP contribution in [0, 0.1) is 13.8 Å². The van der Waals surface area contributed by atoms with Crippen LogP contribution in [0.1, 0.15) is 33.7 Å². The molecular weight excluding hydrogens is 386 g/mol. The van der Waals surface area contributed by atoms with Gasteiger partial charge in [-0.15, -0.1) is 0 Å². The molecule has 0 fully saturated rings. The molecule has 0 unspecified atom stereocenters. The van der Waals surface area contributed by atoms with E-state index < -0.39 is 0 Å². The first kappa shape index (κ1) is 20.7. The molecule has 0 aliphatic carbocycles. The van der Waals surface area contributed by atoms with E-state index in [0.29, 0.717) is 18.7 Å². The van der Waals surface area contributed by atoms with E-state index in [2.05, 4.69) is 41.9 Å². The van der Waals surface area contributed by atoms with Gasteiger partial charge in [0, 0.05) is 12.1 Å². The number of benzene rings is 3. The largest absolute Gasteiger partial charge is 0.493 e. The van der Waals surface area contributed by atoms with Gasteiger partial charge in [0.2, 0.25) is 0 Å². The highest BCUT2D eigenvalue weighted by molar-refractivity contribution is 5.94. The number of hydrogen-bond acceptors (Lipinski definition) is 3. The monoisotopic (exact) mass is 413 g/mol. The fourth-order valence-electron chi connectivity index (χ4n) is 3.78. The molecular formula is C26H27N3O2. The Hall–Kier alpha value is -3.60. The smallest absolute Gasteiger partial charge is 0.251 e. The normalized spacial score (nSPS) is 10.9. The summed E-state index contributed by atoms with van der Waals surface area (Å²) >= 11 is 0. The fourth-order valence-corrected chi connectivity index (χ4v) is 3.78. The van der Waals surface area contributed by atoms with Crippen molar-refractivity contribution in [3.63, 3.8) is 0 Å². The summed E-state index contributed by atoms with van der Waals surface area (Å²) in [6.45, 7) is 5.90. The Morgan fingerprint density at radius 2 is 1.65 bits per heavy atom. The van der Waals surface area contributed by atoms with E-state index >= 15 is 0 Å². The topological polar surface area (TPSA) is 56.1 Å². The maximum Gasteiger partial charge on any atom is 0.251 e. The molecule has 0 spiro atoms. The maximum atomic E-state index is 12.5. The van der Waals surface area contributed by atoms with Crippen molar-refractivity contribution < 1.29 is 9.53 Å². The second-order valence-corrected chi connectivity index (χ2v) is 7.64. The lowest BCUT2D eigenvalue weighted by Crippen LogP contribution is -2.24. The third-order valence-corrected chi connectivity index (χ3v) is 5.36. The van der Waals surface area contributed by atoms with Crippen molar-refractivity contribution >= 4 is 16.9 Å². The molecule has 0 saturated heterocycles. The van der Waals surface area contributed by atoms with Gasteiger partial charge in [0.1, 0.15) is 11.6 Å². The zero-order valence-electron chi connectivity index (χ0n) is 18.0. The average molecular weight is 414 g/mol. The van der Waals surface area contributed by atoms with E-state index in [-0.39, 0.29) is 5.91 Å². The number of rotatable bonds is 8. The number of carbonyl (C=O) groups excluding carboxylic acids is 1. The van der Waals surface area contributed by atoms with Crippen molar-refractivity contribution in [3.05, 3.63) is 95.3 Å². The number of nitrogens with one attached hydrogen (secondary N) is 1. The minimum absolute atomic E-state index is 0.0995. The third-order valence-electron chi connectivity index (χ3n) is 5.36. The number of para-hydroxylation sites is 3. The standard InChI is InChI=1S/C26H27N3O2/c1-19-10-8-11-20(2)25(19)31-17-9-16-29-23-15-7-6-14-22(23)28-24(29)18-27-26(30)21-12-4-3-5-13-21/h3-8,10-15H,9,16-18H2,1-2H3,(H,27,30). The molecule has 3 aromatic carbocycles. The molecule has 0 saturated carbocycles. The maximum absolute atomic E-state index is 12.5. The molecule has 5 heteroatoms. The first-order valence-electron chi connectivity index (χ1n) is 10.6. The van der Waals surface area contributed by atoms with Crippen LogP contribution < -0.4 is 10.1 Å². The van der Waals surface area contributed by atoms with Gasteiger partial charge in [-0.25, -0.2) is 4.98 Å². The first-order valence-corrected chi connectivity index (χ1v) is 10.6. The van der Waals surface area contributed by atoms with Gasteiger partial charge in [-0.3, -0.25) is 4.79 Å². The summed E-state index contributed by atoms with van der Waals surface area (Å²) in [5, 5.41) is 2.99. The van der Waals surface area contributed by atoms with Crippen molar-refractivity contribution in [2.75, 3.05) is 6.61 Å². The summed E-state index contributed by atoms with van der Waals surface area (Å²) in [6, 6.07) is 23.5. The number of ether oxygens (including phenoxy) is 1. The van der Waals surface area contributed by atoms with Crippen LogP contribution in [0.2, 0.25) is 0 Å². The van der Waals surface area contributed by atoms with E-state index in [1.54, 1.807) is 0 Å². The highest BCUT2D eigenvalue weighted by atomic mass is 16.5. The minimum Gasteiger partial charge on any atom is -0.493 e. The second kappa shape index (κ2) is 9.47. The van der Waals surface area contributed by atoms with Crippen molar-refractivity contribution in [1.82, 2.24) is 14.9 Å². The number of carbonyl (C=O) groups is 1. The van der Waals surface area contributed by atoms with Crippen LogP contribution in [-0.4, -0.2) is 22.1 Å². The zero-order valence-corrected chi connectivity index (χ0v) is 18.0. The SMILES string of the molecule is Cc1cccc(C)c1OCCCn1c(CNC(=O)c2ccccc2)nc2ccccc21. The van der Waals surface area contributed by atoms with E-state index in [9.17, 15) is 4.79 Å². The predicted molar refractivity (Wildman–Crippen MR) is 123 cm³/mol. The number of imidazole rings is 1. The van der Waals surface area contributed by atoms with Crippen molar-refractivity contribution in [1.29, 1.82) is 0 Å². The summed E-state index contributed by atoms with van der Waals surface area (Å²) in [6.07, 6.45) is 0.841. The Bertz CT molecular complexity index is 1160. The van der Waals surface area contributed by atoms with E-state index in [4.69, 9.17) is 9.72 Å². The molecule has 1 amide bonds. The van der Waals surface area contributed by atoms with Gasteiger partial charge in [-0.2, -0.15) is 0 Å². The van der Waals surface area contributed by atoms with Crippen LogP contribution in [0.4, 0.5) is 0 Å². The highest BCUT2D eigenvalue weighted by Gasteiger charge is 2.12. The molecule has 0 aliphatic heterocycles. The van der Waals surface area contributed by atoms with Crippen LogP contribution >= 0.6 is 0 Å². The lowest BCUT2D eigenvalue weighted by molar-refractivity contribution is 0.0949. The summed E-state index contributed by atoms with van der Waals surface area (Å²) in [7, 11) is 0. The molecule has 31 heavy (non-hydrogen) atoms. The molecule has 1 aromatic heterocycles. The summed E-state index contributed by atoms with van der Waals surface area (Å²) in [4.78, 5) is 17.2. The Morgan fingerprint density at radius 1 is 0.935 bits per heavy atom. The molecule has 4 aromatic rings. The molecule has 0 aliphatic rings. The van der Waals surface area contributed by atoms with Gasteiger partial charge in [-0.05, 0) is 55.7 Å². The zero-order chi connectivity index (χ0) is 21.6. The minimum atomic E-state index is -0.0995. The van der Waals surface area contributed by atoms with Crippen LogP contribution in [0.5, 0.6) is 5.75 Å². The predicted octanol–water partition coefficient (Wildman–Crippen LogP) is 5.05. The van der Waals surface area contributed by atoms with E-state index in [1.807, 2.05) is 54.6 Å². The van der Waals surface area contributed by atoms with Crippen LogP contribution in [0.15, 0.2) is 72.8 Å². The average Bonchev–Trinajstić information content (AvgIpc) is 3.14. The Balaban J connectivity index is 1.44. The van der Waals surface area contributed by atoms with E-state index in [1.165, 1.54) is 0 Å². The lowest BCUT2D eigenvalue weighted by atomic mass is 10.1. The summed E-state index contributed by atoms with van der Waals surface area (Å²) < 4.78 is 8.25. The molecule has 1 heterocycles. The number of aryl methyl sites for hydroxylation is 3. The van der Waals surface area contributed by atoms with Crippen LogP contribution in [0.25, 0.3) is 11.0 Å². The number of aromatic nitrogens is 2. The second-order valence-electron chi connectivity index (χ2n) is 7.64. The van der Waals surface area contributed by atoms with Gasteiger partial charge >= 0.3 is 0 Å². The Morgan fingerprint density at radius 3 is 2.42 bits per heavy atom. The number of nitrogens with zero attached hydrogens (tertiary/aromatic N) is 2. The highest BCUT2D eigenvalue weighted by Crippen LogP contribution is 2.23. The van der Waals surface area contributed by atoms with Crippen molar-refractivity contribution in [3.8, 4) is 5.75 Å². The van der Waals surface area contributed by atoms with Gasteiger partial charge < -0.3 is 14.6 Å². The van der Waals surface area contributed by atoms with Gasteiger partial charge in [0.25, 0.3) is 5.91 Å². The number of fused-ring (bicyclic) bond motifs is 1. The molecule has 4 rings (SSSR count). The number of amides is 1. The Labute approximate surface area is 182 Å². The quantitative estimate of drug-likeness (QED) is 0.411. The summed E-state index contributed by atoms with van der Waals surface area (Å²) in [5.74, 6) is 1.71. The lowest BCUT2D eigenvalue weighted by Gasteiger charge is -2.13. The fraction of sp³-hybridized carbons (Fsp3) is 0.231. The molecule has 0 atom stereocenters. The van der Waals surface area contributed by atoms with Crippen LogP contribution in [-0.2, 0) is 13.1 Å². The molecule has 0 radical (unpaired) electrons. The molecule has 1 N–H and O–H groups in total. The van der Waals surface area contributed by atoms with Gasteiger partial charge in [-0.1, -0.05) is 48.5 Å². The van der Waals surface area contributed by atoms with Crippen molar-refractivity contribution in [2.45, 2.75) is 33.4 Å². The molecule has 5 nitrogen and oxygen atoms in total. The van der Waals surface area contributed by atoms with E-state index in [0.717, 1.165) is 46.7 Å². The molecule has 158 valence electrons. The Kier molecular flexibility index (Phi) is 6.32. The third kappa shape index (κ3) is 4.77. The van der Waals surface area contributed by atoms with Crippen molar-refractivity contribution in [2.24, 2.45) is 0 Å². The van der Waals surface area contributed by atoms with Gasteiger partial charge in [0.15, 0.2) is 0 Å². The first-order chi connectivity index (χ1) is 15.1. The summed E-state index contributed by atoms with van der Waals surface area (Å²) in [5.41, 5.74) is 4.95. The van der Waals surface area contributed by atoms with Gasteiger partial charge in [0.05, 0.1) is 24.2 Å².